The van der Waals surface area contributed by atoms with Gasteiger partial charge < -0.3 is 14.5 Å². The third-order valence-electron chi connectivity index (χ3n) is 8.20. The number of rotatable bonds is 4. The van der Waals surface area contributed by atoms with E-state index in [0.29, 0.717) is 29.4 Å². The first-order valence-corrected chi connectivity index (χ1v) is 14.5. The summed E-state index contributed by atoms with van der Waals surface area (Å²) >= 11 is 0. The van der Waals surface area contributed by atoms with E-state index in [9.17, 15) is 5.26 Å². The summed E-state index contributed by atoms with van der Waals surface area (Å²) in [5.41, 5.74) is 6.95. The Hall–Kier alpha value is -5.79. The zero-order chi connectivity index (χ0) is 30.6. The van der Waals surface area contributed by atoms with E-state index in [1.54, 1.807) is 12.1 Å². The molecule has 7 rings (SSSR count). The van der Waals surface area contributed by atoms with E-state index in [4.69, 9.17) is 16.3 Å². The quantitative estimate of drug-likeness (QED) is 0.196. The van der Waals surface area contributed by atoms with Gasteiger partial charge in [0.2, 0.25) is 0 Å². The van der Waals surface area contributed by atoms with E-state index < -0.39 is 0 Å². The SMILES string of the molecule is [C-]#[N+]c1cc(Oc2cc(C#N)c3c4ccccc4n(-c4cc(C(C)(C)C)ccn4)c3c2)cc(N2CN(C)c3ccccc32)c1. The molecule has 0 bridgehead atoms. The third kappa shape index (κ3) is 4.47. The summed E-state index contributed by atoms with van der Waals surface area (Å²) < 4.78 is 8.59. The van der Waals surface area contributed by atoms with Crippen LogP contribution in [0.15, 0.2) is 97.2 Å². The zero-order valence-corrected chi connectivity index (χ0v) is 25.0. The Kier molecular flexibility index (Phi) is 6.27. The van der Waals surface area contributed by atoms with Crippen molar-refractivity contribution in [2.24, 2.45) is 0 Å². The number of anilines is 3. The summed E-state index contributed by atoms with van der Waals surface area (Å²) in [5, 5.41) is 12.1. The Balaban J connectivity index is 1.38. The minimum atomic E-state index is -0.0567. The molecular formula is C37H30N6O. The fourth-order valence-corrected chi connectivity index (χ4v) is 6.06. The predicted octanol–water partition coefficient (Wildman–Crippen LogP) is 9.24. The molecule has 7 nitrogen and oxygen atoms in total. The molecule has 44 heavy (non-hydrogen) atoms. The van der Waals surface area contributed by atoms with Crippen molar-refractivity contribution in [2.45, 2.75) is 26.2 Å². The number of pyridine rings is 1. The molecule has 0 spiro atoms. The van der Waals surface area contributed by atoms with Crippen molar-refractivity contribution in [3.63, 3.8) is 0 Å². The second-order valence-electron chi connectivity index (χ2n) is 12.1. The number of hydrogen-bond acceptors (Lipinski definition) is 5. The topological polar surface area (TPSA) is 61.7 Å². The first-order chi connectivity index (χ1) is 21.2. The number of benzene rings is 4. The molecule has 6 aromatic rings. The molecule has 0 saturated carbocycles. The monoisotopic (exact) mass is 574 g/mol. The van der Waals surface area contributed by atoms with Crippen molar-refractivity contribution < 1.29 is 4.74 Å². The van der Waals surface area contributed by atoms with Gasteiger partial charge in [0, 0.05) is 41.8 Å². The first-order valence-electron chi connectivity index (χ1n) is 14.5. The van der Waals surface area contributed by atoms with Crippen molar-refractivity contribution in [2.75, 3.05) is 23.5 Å². The van der Waals surface area contributed by atoms with Crippen LogP contribution < -0.4 is 14.5 Å². The average Bonchev–Trinajstić information content (AvgIpc) is 3.55. The lowest BCUT2D eigenvalue weighted by Crippen LogP contribution is -2.23. The maximum absolute atomic E-state index is 10.3. The van der Waals surface area contributed by atoms with Crippen molar-refractivity contribution in [1.82, 2.24) is 9.55 Å². The van der Waals surface area contributed by atoms with Gasteiger partial charge in [-0.25, -0.2) is 9.83 Å². The van der Waals surface area contributed by atoms with Crippen LogP contribution >= 0.6 is 0 Å². The minimum absolute atomic E-state index is 0.0567. The fraction of sp³-hybridized carbons (Fsp3) is 0.162. The number of nitriles is 1. The van der Waals surface area contributed by atoms with Gasteiger partial charge >= 0.3 is 0 Å². The van der Waals surface area contributed by atoms with Crippen LogP contribution in [0.3, 0.4) is 0 Å². The molecule has 0 amide bonds. The van der Waals surface area contributed by atoms with Gasteiger partial charge in [0.15, 0.2) is 5.69 Å². The second kappa shape index (κ2) is 10.2. The highest BCUT2D eigenvalue weighted by Crippen LogP contribution is 2.43. The molecule has 0 atom stereocenters. The minimum Gasteiger partial charge on any atom is -0.458 e. The average molecular weight is 575 g/mol. The van der Waals surface area contributed by atoms with Crippen molar-refractivity contribution in [3.05, 3.63) is 120 Å². The van der Waals surface area contributed by atoms with Crippen LogP contribution in [0.1, 0.15) is 31.9 Å². The number of ether oxygens (including phenoxy) is 1. The van der Waals surface area contributed by atoms with E-state index >= 15 is 0 Å². The highest BCUT2D eigenvalue weighted by Gasteiger charge is 2.25. The lowest BCUT2D eigenvalue weighted by Gasteiger charge is -2.21. The first kappa shape index (κ1) is 27.1. The van der Waals surface area contributed by atoms with Gasteiger partial charge in [-0.3, -0.25) is 4.57 Å². The normalized spacial score (nSPS) is 12.8. The Bertz CT molecular complexity index is 2180. The van der Waals surface area contributed by atoms with Crippen LogP contribution in [0.4, 0.5) is 22.7 Å². The van der Waals surface area contributed by atoms with E-state index in [0.717, 1.165) is 44.7 Å². The molecule has 4 aromatic carbocycles. The van der Waals surface area contributed by atoms with Crippen LogP contribution in [0.2, 0.25) is 0 Å². The van der Waals surface area contributed by atoms with Gasteiger partial charge in [-0.05, 0) is 59.5 Å². The Morgan fingerprint density at radius 1 is 0.886 bits per heavy atom. The molecule has 0 unspecified atom stereocenters. The fourth-order valence-electron chi connectivity index (χ4n) is 6.06. The van der Waals surface area contributed by atoms with Gasteiger partial charge in [0.1, 0.15) is 17.3 Å². The van der Waals surface area contributed by atoms with Crippen molar-refractivity contribution in [1.29, 1.82) is 5.26 Å². The molecule has 0 radical (unpaired) electrons. The molecule has 0 N–H and O–H groups in total. The summed E-state index contributed by atoms with van der Waals surface area (Å²) in [5.74, 6) is 1.81. The van der Waals surface area contributed by atoms with Gasteiger partial charge in [-0.2, -0.15) is 5.26 Å². The van der Waals surface area contributed by atoms with E-state index in [2.05, 4.69) is 77.4 Å². The predicted molar refractivity (Wildman–Crippen MR) is 177 cm³/mol. The van der Waals surface area contributed by atoms with Crippen LogP contribution in [-0.4, -0.2) is 23.3 Å². The van der Waals surface area contributed by atoms with Gasteiger partial charge in [-0.15, -0.1) is 0 Å². The van der Waals surface area contributed by atoms with Crippen LogP contribution in [0.25, 0.3) is 32.5 Å². The lowest BCUT2D eigenvalue weighted by atomic mass is 9.88. The Morgan fingerprint density at radius 2 is 1.64 bits per heavy atom. The zero-order valence-electron chi connectivity index (χ0n) is 25.0. The third-order valence-corrected chi connectivity index (χ3v) is 8.20. The summed E-state index contributed by atoms with van der Waals surface area (Å²) in [6.07, 6.45) is 1.84. The summed E-state index contributed by atoms with van der Waals surface area (Å²) in [7, 11) is 2.05. The molecular weight excluding hydrogens is 544 g/mol. The molecule has 2 aromatic heterocycles. The van der Waals surface area contributed by atoms with Gasteiger partial charge in [-0.1, -0.05) is 51.1 Å². The maximum atomic E-state index is 10.3. The summed E-state index contributed by atoms with van der Waals surface area (Å²) in [4.78, 5) is 12.9. The lowest BCUT2D eigenvalue weighted by molar-refractivity contribution is 0.483. The van der Waals surface area contributed by atoms with Crippen LogP contribution in [-0.2, 0) is 5.41 Å². The molecule has 0 aliphatic carbocycles. The molecule has 7 heteroatoms. The van der Waals surface area contributed by atoms with Crippen molar-refractivity contribution >= 4 is 44.6 Å². The largest absolute Gasteiger partial charge is 0.458 e. The standard InChI is InChI=1S/C37H30N6O/c1-37(2,3)25-14-15-40-35(17-25)43-31-11-7-6-10-30(31)36-24(22-38)16-28(21-34(36)43)44-29-19-26(39-4)18-27(20-29)42-23-41(5)32-12-8-9-13-33(32)42/h6-21H,23H2,1-3,5H3. The Labute approximate surface area is 256 Å². The molecule has 0 saturated heterocycles. The summed E-state index contributed by atoms with van der Waals surface area (Å²) in [6, 6.07) is 32.2. The maximum Gasteiger partial charge on any atom is 0.192 e. The molecule has 1 aliphatic rings. The highest BCUT2D eigenvalue weighted by molar-refractivity contribution is 6.12. The highest BCUT2D eigenvalue weighted by atomic mass is 16.5. The summed E-state index contributed by atoms with van der Waals surface area (Å²) in [6.45, 7) is 15.0. The molecule has 3 heterocycles. The number of para-hydroxylation sites is 3. The van der Waals surface area contributed by atoms with Gasteiger partial charge in [0.25, 0.3) is 0 Å². The Morgan fingerprint density at radius 3 is 2.41 bits per heavy atom. The van der Waals surface area contributed by atoms with Crippen molar-refractivity contribution in [3.8, 4) is 23.4 Å². The molecule has 0 fully saturated rings. The number of hydrogen-bond donors (Lipinski definition) is 0. The van der Waals surface area contributed by atoms with E-state index in [1.165, 1.54) is 5.56 Å². The number of fused-ring (bicyclic) bond motifs is 4. The van der Waals surface area contributed by atoms with Crippen LogP contribution in [0, 0.1) is 17.9 Å². The number of aromatic nitrogens is 2. The second-order valence-corrected chi connectivity index (χ2v) is 12.1. The van der Waals surface area contributed by atoms with E-state index in [1.807, 2.05) is 60.8 Å². The number of nitrogens with zero attached hydrogens (tertiary/aromatic N) is 6. The molecule has 214 valence electrons. The van der Waals surface area contributed by atoms with Gasteiger partial charge in [0.05, 0.1) is 47.3 Å². The van der Waals surface area contributed by atoms with Crippen LogP contribution in [0.5, 0.6) is 11.5 Å². The van der Waals surface area contributed by atoms with E-state index in [-0.39, 0.29) is 5.41 Å². The smallest absolute Gasteiger partial charge is 0.192 e. The molecule has 1 aliphatic heterocycles.